The third kappa shape index (κ3) is 4.01. The average molecular weight is 178 g/mol. The SMILES string of the molecule is OC[CH2][Cs]. The summed E-state index contributed by atoms with van der Waals surface area (Å²) >= 11 is 0.665. The van der Waals surface area contributed by atoms with Gasteiger partial charge in [0.15, 0.2) is 0 Å². The Hall–Kier alpha value is 2.01. The second-order valence-electron chi connectivity index (χ2n) is 0.724. The molecule has 0 aliphatic heterocycles. The van der Waals surface area contributed by atoms with Gasteiger partial charge in [0.05, 0.1) is 0 Å². The molecule has 1 nitrogen and oxygen atoms in total. The Balaban J connectivity index is 1.97. The Morgan fingerprint density at radius 2 is 2.00 bits per heavy atom. The van der Waals surface area contributed by atoms with Crippen LogP contribution in [0.15, 0.2) is 0 Å². The summed E-state index contributed by atoms with van der Waals surface area (Å²) in [6, 6.07) is 0. The topological polar surface area (TPSA) is 20.2 Å². The first-order valence-corrected chi connectivity index (χ1v) is 5.96. The summed E-state index contributed by atoms with van der Waals surface area (Å²) in [7, 11) is 0. The summed E-state index contributed by atoms with van der Waals surface area (Å²) in [4.78, 5) is 0. The van der Waals surface area contributed by atoms with Crippen LogP contribution in [0.2, 0.25) is -2.15 Å². The zero-order valence-corrected chi connectivity index (χ0v) is 9.14. The van der Waals surface area contributed by atoms with Crippen molar-refractivity contribution in [3.63, 3.8) is 0 Å². The Bertz CT molecular complexity index is 8.00. The van der Waals surface area contributed by atoms with Crippen LogP contribution >= 0.6 is 0 Å². The van der Waals surface area contributed by atoms with Gasteiger partial charge in [-0.15, -0.1) is 0 Å². The molecule has 0 fully saturated rings. The Morgan fingerprint density at radius 3 is 2.00 bits per heavy atom. The molecule has 0 aromatic rings. The van der Waals surface area contributed by atoms with E-state index in [9.17, 15) is 0 Å². The van der Waals surface area contributed by atoms with Gasteiger partial charge in [-0.1, -0.05) is 0 Å². The predicted molar refractivity (Wildman–Crippen MR) is 17.6 cm³/mol. The predicted octanol–water partition coefficient (Wildman–Crippen LogP) is -0.435. The van der Waals surface area contributed by atoms with Crippen LogP contribution in [-0.2, 0) is 0 Å². The number of aliphatic hydroxyl groups excluding tert-OH is 1. The molecule has 0 aliphatic rings. The monoisotopic (exact) mass is 178 g/mol. The van der Waals surface area contributed by atoms with Crippen molar-refractivity contribution in [1.29, 1.82) is 0 Å². The number of hydrogen-bond acceptors (Lipinski definition) is 1. The van der Waals surface area contributed by atoms with E-state index in [0.717, 1.165) is -2.15 Å². The fraction of sp³-hybridized carbons (Fsp3) is 1.00. The molecule has 0 aromatic carbocycles. The third-order valence-electron chi connectivity index (χ3n) is 0.224. The van der Waals surface area contributed by atoms with Crippen molar-refractivity contribution in [2.45, 2.75) is -2.15 Å². The molecule has 0 spiro atoms. The van der Waals surface area contributed by atoms with Crippen LogP contribution in [0.1, 0.15) is 0 Å². The van der Waals surface area contributed by atoms with E-state index in [1.165, 1.54) is 0 Å². The molecule has 0 rings (SSSR count). The fourth-order valence-corrected chi connectivity index (χ4v) is 0. The Morgan fingerprint density at radius 1 is 1.75 bits per heavy atom. The summed E-state index contributed by atoms with van der Waals surface area (Å²) < 4.78 is 1.10. The summed E-state index contributed by atoms with van der Waals surface area (Å²) in [6.45, 7) is 0.418. The number of rotatable bonds is 1. The van der Waals surface area contributed by atoms with Gasteiger partial charge in [0, 0.05) is 0 Å². The molecular formula is C2H5CsO. The van der Waals surface area contributed by atoms with Gasteiger partial charge in [0.25, 0.3) is 0 Å². The molecule has 0 atom stereocenters. The van der Waals surface area contributed by atoms with E-state index < -0.39 is 0 Å². The van der Waals surface area contributed by atoms with Crippen molar-refractivity contribution < 1.29 is 5.11 Å². The fourth-order valence-electron chi connectivity index (χ4n) is 0. The van der Waals surface area contributed by atoms with Crippen molar-refractivity contribution in [2.75, 3.05) is 6.61 Å². The number of aliphatic hydroxyl groups is 1. The van der Waals surface area contributed by atoms with Gasteiger partial charge in [-0.2, -0.15) is 0 Å². The van der Waals surface area contributed by atoms with Crippen LogP contribution in [0.4, 0.5) is 0 Å². The molecule has 4 heavy (non-hydrogen) atoms. The van der Waals surface area contributed by atoms with Crippen molar-refractivity contribution >= 4 is 65.9 Å². The van der Waals surface area contributed by atoms with Gasteiger partial charge in [0.2, 0.25) is 0 Å². The van der Waals surface area contributed by atoms with E-state index >= 15 is 0 Å². The maximum absolute atomic E-state index is 7.93. The van der Waals surface area contributed by atoms with Gasteiger partial charge in [-0.25, -0.2) is 0 Å². The molecule has 0 saturated carbocycles. The molecule has 0 bridgehead atoms. The first kappa shape index (κ1) is 6.01. The minimum atomic E-state index is 0.418. The summed E-state index contributed by atoms with van der Waals surface area (Å²) in [5, 5.41) is 7.93. The van der Waals surface area contributed by atoms with E-state index in [1.807, 2.05) is 0 Å². The van der Waals surface area contributed by atoms with E-state index in [4.69, 9.17) is 5.11 Å². The van der Waals surface area contributed by atoms with Crippen LogP contribution in [0, 0.1) is 0 Å². The van der Waals surface area contributed by atoms with Gasteiger partial charge in [-0.05, 0) is 0 Å². The summed E-state index contributed by atoms with van der Waals surface area (Å²) in [5.41, 5.74) is 0. The molecule has 0 saturated heterocycles. The Kier molecular flexibility index (Phi) is 7.53. The van der Waals surface area contributed by atoms with Gasteiger partial charge < -0.3 is 0 Å². The molecule has 0 heterocycles. The molecule has 0 unspecified atom stereocenters. The second-order valence-corrected chi connectivity index (χ2v) is 3.86. The van der Waals surface area contributed by atoms with Crippen LogP contribution in [0.3, 0.4) is 0 Å². The average Bonchev–Trinajstić information content (AvgIpc) is 1.37. The van der Waals surface area contributed by atoms with Gasteiger partial charge in [0.1, 0.15) is 0 Å². The standard InChI is InChI=1S/C2H5O.Cs/c1-2-3;/h3H,1-2H2;. The molecule has 0 amide bonds. The first-order chi connectivity index (χ1) is 1.91. The normalized spacial score (nSPS) is 7.75. The molecule has 0 aromatic heterocycles. The zero-order valence-electron chi connectivity index (χ0n) is 2.86. The van der Waals surface area contributed by atoms with Crippen LogP contribution in [-0.4, -0.2) is 77.6 Å². The first-order valence-electron chi connectivity index (χ1n) is 1.52. The Labute approximate surface area is 73.2 Å². The van der Waals surface area contributed by atoms with Gasteiger partial charge >= 0.3 is 75.5 Å². The van der Waals surface area contributed by atoms with Crippen LogP contribution in [0.25, 0.3) is 0 Å². The molecule has 0 radical (unpaired) electrons. The minimum absolute atomic E-state index is 0.418. The van der Waals surface area contributed by atoms with E-state index in [0.29, 0.717) is 72.5 Å². The van der Waals surface area contributed by atoms with Crippen molar-refractivity contribution in [3.8, 4) is 0 Å². The van der Waals surface area contributed by atoms with Crippen LogP contribution in [0.5, 0.6) is 0 Å². The third-order valence-corrected chi connectivity index (χ3v) is 1.63. The van der Waals surface area contributed by atoms with E-state index in [1.54, 1.807) is 0 Å². The maximum atomic E-state index is 7.93. The molecular weight excluding hydrogens is 173 g/mol. The van der Waals surface area contributed by atoms with Crippen molar-refractivity contribution in [2.24, 2.45) is 0 Å². The molecule has 20 valence electrons. The van der Waals surface area contributed by atoms with Gasteiger partial charge in [-0.3, -0.25) is 0 Å². The van der Waals surface area contributed by atoms with E-state index in [-0.39, 0.29) is 0 Å². The second kappa shape index (κ2) is 5.01. The van der Waals surface area contributed by atoms with E-state index in [2.05, 4.69) is 0 Å². The molecule has 1 N–H and O–H groups in total. The molecule has 0 aliphatic carbocycles. The molecule has 2 heteroatoms. The quantitative estimate of drug-likeness (QED) is 0.577. The van der Waals surface area contributed by atoms with Crippen LogP contribution < -0.4 is 0 Å². The van der Waals surface area contributed by atoms with Crippen molar-refractivity contribution in [1.82, 2.24) is 0 Å². The number of hydrogen-bond donors (Lipinski definition) is 1. The summed E-state index contributed by atoms with van der Waals surface area (Å²) in [5.74, 6) is 0. The zero-order chi connectivity index (χ0) is 3.41. The summed E-state index contributed by atoms with van der Waals surface area (Å²) in [6.07, 6.45) is 0. The van der Waals surface area contributed by atoms with Crippen molar-refractivity contribution in [3.05, 3.63) is 0 Å².